The van der Waals surface area contributed by atoms with Gasteiger partial charge in [-0.3, -0.25) is 0 Å². The number of pyridine rings is 1. The monoisotopic (exact) mass is 330 g/mol. The molecule has 1 amide bonds. The molecule has 0 bridgehead atoms. The number of nitrogens with zero attached hydrogens (tertiary/aromatic N) is 2. The van der Waals surface area contributed by atoms with Crippen molar-refractivity contribution in [1.82, 2.24) is 9.88 Å². The molecule has 2 heterocycles. The number of hydrogen-bond donors (Lipinski definition) is 1. The Balaban J connectivity index is 1.80. The van der Waals surface area contributed by atoms with Crippen molar-refractivity contribution >= 4 is 6.09 Å². The summed E-state index contributed by atoms with van der Waals surface area (Å²) < 4.78 is 5.22. The molecule has 1 aliphatic rings. The van der Waals surface area contributed by atoms with E-state index in [-0.39, 0.29) is 12.0 Å². The topological polar surface area (TPSA) is 62.7 Å². The number of piperidine rings is 1. The molecule has 0 saturated carbocycles. The van der Waals surface area contributed by atoms with Crippen molar-refractivity contribution in [1.29, 1.82) is 0 Å². The van der Waals surface area contributed by atoms with Gasteiger partial charge in [-0.05, 0) is 50.2 Å². The molecular formula is C19H26N2O3. The zero-order chi connectivity index (χ0) is 17.4. The van der Waals surface area contributed by atoms with E-state index >= 15 is 0 Å². The lowest BCUT2D eigenvalue weighted by atomic mass is 9.91. The van der Waals surface area contributed by atoms with Crippen molar-refractivity contribution in [3.05, 3.63) is 29.6 Å². The SMILES string of the molecule is CCCCOC(=O)N1CCC(C(O)C#Cc2cccc(C)n2)CC1. The zero-order valence-electron chi connectivity index (χ0n) is 14.5. The molecule has 5 heteroatoms. The van der Waals surface area contributed by atoms with Gasteiger partial charge in [-0.15, -0.1) is 0 Å². The van der Waals surface area contributed by atoms with Gasteiger partial charge in [-0.2, -0.15) is 0 Å². The fraction of sp³-hybridized carbons (Fsp3) is 0.579. The smallest absolute Gasteiger partial charge is 0.409 e. The van der Waals surface area contributed by atoms with E-state index in [4.69, 9.17) is 4.74 Å². The fourth-order valence-corrected chi connectivity index (χ4v) is 2.67. The molecule has 24 heavy (non-hydrogen) atoms. The van der Waals surface area contributed by atoms with Crippen LogP contribution in [-0.4, -0.2) is 46.9 Å². The van der Waals surface area contributed by atoms with Crippen LogP contribution in [0.15, 0.2) is 18.2 Å². The summed E-state index contributed by atoms with van der Waals surface area (Å²) in [6, 6.07) is 5.65. The van der Waals surface area contributed by atoms with E-state index in [1.807, 2.05) is 25.1 Å². The summed E-state index contributed by atoms with van der Waals surface area (Å²) >= 11 is 0. The van der Waals surface area contributed by atoms with Crippen molar-refractivity contribution in [2.24, 2.45) is 5.92 Å². The van der Waals surface area contributed by atoms with Crippen molar-refractivity contribution in [2.45, 2.75) is 45.6 Å². The molecule has 1 aliphatic heterocycles. The lowest BCUT2D eigenvalue weighted by molar-refractivity contribution is 0.0662. The van der Waals surface area contributed by atoms with E-state index < -0.39 is 6.10 Å². The molecule has 1 unspecified atom stereocenters. The Kier molecular flexibility index (Phi) is 7.07. The molecule has 1 saturated heterocycles. The van der Waals surface area contributed by atoms with Crippen LogP contribution in [0.5, 0.6) is 0 Å². The summed E-state index contributed by atoms with van der Waals surface area (Å²) in [5, 5.41) is 10.3. The number of amides is 1. The van der Waals surface area contributed by atoms with Gasteiger partial charge in [-0.25, -0.2) is 9.78 Å². The van der Waals surface area contributed by atoms with Crippen LogP contribution in [0.3, 0.4) is 0 Å². The Hall–Kier alpha value is -2.06. The lowest BCUT2D eigenvalue weighted by Crippen LogP contribution is -2.41. The normalized spacial score (nSPS) is 16.2. The number of aliphatic hydroxyl groups excluding tert-OH is 1. The second-order valence-electron chi connectivity index (χ2n) is 6.17. The van der Waals surface area contributed by atoms with Gasteiger partial charge < -0.3 is 14.7 Å². The summed E-state index contributed by atoms with van der Waals surface area (Å²) in [4.78, 5) is 17.9. The van der Waals surface area contributed by atoms with E-state index in [2.05, 4.69) is 23.7 Å². The van der Waals surface area contributed by atoms with Crippen molar-refractivity contribution in [3.8, 4) is 11.8 Å². The predicted molar refractivity (Wildman–Crippen MR) is 92.4 cm³/mol. The van der Waals surface area contributed by atoms with Gasteiger partial charge in [-0.1, -0.05) is 25.3 Å². The number of likely N-dealkylation sites (tertiary alicyclic amines) is 1. The van der Waals surface area contributed by atoms with Gasteiger partial charge in [0.2, 0.25) is 0 Å². The van der Waals surface area contributed by atoms with Crippen LogP contribution in [0.4, 0.5) is 4.79 Å². The van der Waals surface area contributed by atoms with E-state index in [9.17, 15) is 9.90 Å². The third-order valence-electron chi connectivity index (χ3n) is 4.20. The number of aliphatic hydroxyl groups is 1. The van der Waals surface area contributed by atoms with Crippen LogP contribution < -0.4 is 0 Å². The number of aromatic nitrogens is 1. The number of carbonyl (C=O) groups excluding carboxylic acids is 1. The molecule has 5 nitrogen and oxygen atoms in total. The molecule has 0 aromatic carbocycles. The van der Waals surface area contributed by atoms with Crippen LogP contribution in [-0.2, 0) is 4.74 Å². The highest BCUT2D eigenvalue weighted by Crippen LogP contribution is 2.21. The van der Waals surface area contributed by atoms with Gasteiger partial charge >= 0.3 is 6.09 Å². The Morgan fingerprint density at radius 3 is 2.88 bits per heavy atom. The molecule has 1 N–H and O–H groups in total. The first-order valence-corrected chi connectivity index (χ1v) is 8.65. The third-order valence-corrected chi connectivity index (χ3v) is 4.20. The number of unbranched alkanes of at least 4 members (excludes halogenated alkanes) is 1. The highest BCUT2D eigenvalue weighted by atomic mass is 16.6. The molecule has 0 aliphatic carbocycles. The van der Waals surface area contributed by atoms with Gasteiger partial charge in [0.15, 0.2) is 0 Å². The highest BCUT2D eigenvalue weighted by Gasteiger charge is 2.27. The van der Waals surface area contributed by atoms with Crippen LogP contribution in [0.2, 0.25) is 0 Å². The third kappa shape index (κ3) is 5.54. The summed E-state index contributed by atoms with van der Waals surface area (Å²) in [7, 11) is 0. The van der Waals surface area contributed by atoms with E-state index in [0.717, 1.165) is 31.4 Å². The van der Waals surface area contributed by atoms with Gasteiger partial charge in [0, 0.05) is 18.8 Å². The van der Waals surface area contributed by atoms with Crippen LogP contribution in [0.25, 0.3) is 0 Å². The van der Waals surface area contributed by atoms with Gasteiger partial charge in [0.05, 0.1) is 6.61 Å². The summed E-state index contributed by atoms with van der Waals surface area (Å²) in [6.45, 7) is 5.67. The summed E-state index contributed by atoms with van der Waals surface area (Å²) in [6.07, 6.45) is 2.44. The van der Waals surface area contributed by atoms with E-state index in [1.54, 1.807) is 4.90 Å². The maximum absolute atomic E-state index is 11.9. The molecule has 1 aromatic heterocycles. The maximum atomic E-state index is 11.9. The first-order valence-electron chi connectivity index (χ1n) is 8.65. The van der Waals surface area contributed by atoms with Crippen molar-refractivity contribution < 1.29 is 14.6 Å². The minimum absolute atomic E-state index is 0.0852. The first-order chi connectivity index (χ1) is 11.6. The molecule has 0 radical (unpaired) electrons. The Bertz CT molecular complexity index is 598. The largest absolute Gasteiger partial charge is 0.449 e. The Morgan fingerprint density at radius 1 is 1.46 bits per heavy atom. The zero-order valence-corrected chi connectivity index (χ0v) is 14.5. The number of ether oxygens (including phenoxy) is 1. The number of carbonyl (C=O) groups is 1. The minimum atomic E-state index is -0.689. The average Bonchev–Trinajstić information content (AvgIpc) is 2.60. The van der Waals surface area contributed by atoms with E-state index in [0.29, 0.717) is 25.4 Å². The summed E-state index contributed by atoms with van der Waals surface area (Å²) in [5.74, 6) is 5.91. The molecule has 130 valence electrons. The molecule has 2 rings (SSSR count). The predicted octanol–water partition coefficient (Wildman–Crippen LogP) is 2.75. The van der Waals surface area contributed by atoms with E-state index in [1.165, 1.54) is 0 Å². The fourth-order valence-electron chi connectivity index (χ4n) is 2.67. The molecule has 0 spiro atoms. The Morgan fingerprint density at radius 2 is 2.21 bits per heavy atom. The van der Waals surface area contributed by atoms with Gasteiger partial charge in [0.1, 0.15) is 11.8 Å². The van der Waals surface area contributed by atoms with Crippen LogP contribution in [0.1, 0.15) is 44.0 Å². The van der Waals surface area contributed by atoms with Gasteiger partial charge in [0.25, 0.3) is 0 Å². The van der Waals surface area contributed by atoms with Crippen LogP contribution in [0, 0.1) is 24.7 Å². The standard InChI is InChI=1S/C19H26N2O3/c1-3-4-14-24-19(23)21-12-10-16(11-13-21)18(22)9-8-17-7-5-6-15(2)20-17/h5-7,16,18,22H,3-4,10-14H2,1-2H3. The molecule has 1 aromatic rings. The minimum Gasteiger partial charge on any atom is -0.449 e. The number of hydrogen-bond acceptors (Lipinski definition) is 4. The highest BCUT2D eigenvalue weighted by molar-refractivity contribution is 5.67. The summed E-state index contributed by atoms with van der Waals surface area (Å²) in [5.41, 5.74) is 1.58. The average molecular weight is 330 g/mol. The number of aryl methyl sites for hydroxylation is 1. The lowest BCUT2D eigenvalue weighted by Gasteiger charge is -2.32. The second-order valence-corrected chi connectivity index (χ2v) is 6.17. The first kappa shape index (κ1) is 18.3. The second kappa shape index (κ2) is 9.29. The molecular weight excluding hydrogens is 304 g/mol. The quantitative estimate of drug-likeness (QED) is 0.681. The van der Waals surface area contributed by atoms with Crippen LogP contribution >= 0.6 is 0 Å². The van der Waals surface area contributed by atoms with Crippen molar-refractivity contribution in [3.63, 3.8) is 0 Å². The number of rotatable bonds is 4. The maximum Gasteiger partial charge on any atom is 0.409 e. The molecule has 1 atom stereocenters. The molecule has 1 fully saturated rings. The Labute approximate surface area is 144 Å². The van der Waals surface area contributed by atoms with Crippen molar-refractivity contribution in [2.75, 3.05) is 19.7 Å².